The zero-order chi connectivity index (χ0) is 20.6. The third-order valence-electron chi connectivity index (χ3n) is 4.24. The number of guanidine groups is 1. The van der Waals surface area contributed by atoms with Crippen molar-refractivity contribution in [2.75, 3.05) is 23.8 Å². The fourth-order valence-corrected chi connectivity index (χ4v) is 2.92. The molecule has 1 fully saturated rings. The highest BCUT2D eigenvalue weighted by atomic mass is 19.1. The molecule has 152 valence electrons. The standard InChI is InChI=1S/C21H23FN4O3/c1-14(27)24-17-7-2-5-15(11-17)20(28)26-21(23-13-19-9-4-10-29-19)25-18-8-3-6-16(22)12-18/h2-3,5-8,11-12,19H,4,9-10,13H2,1H3,(H,24,27)(H2,23,25,26,28)/t19-/m0/s1. The van der Waals surface area contributed by atoms with E-state index < -0.39 is 11.7 Å². The van der Waals surface area contributed by atoms with Crippen LogP contribution in [0.1, 0.15) is 30.1 Å². The van der Waals surface area contributed by atoms with Gasteiger partial charge in [-0.05, 0) is 49.2 Å². The fourth-order valence-electron chi connectivity index (χ4n) is 2.92. The largest absolute Gasteiger partial charge is 0.376 e. The molecule has 0 spiro atoms. The first-order valence-corrected chi connectivity index (χ1v) is 9.37. The molecule has 2 amide bonds. The molecule has 0 radical (unpaired) electrons. The molecule has 0 unspecified atom stereocenters. The van der Waals surface area contributed by atoms with Gasteiger partial charge in [-0.3, -0.25) is 14.9 Å². The van der Waals surface area contributed by atoms with E-state index in [-0.39, 0.29) is 18.0 Å². The van der Waals surface area contributed by atoms with Crippen LogP contribution in [-0.2, 0) is 9.53 Å². The van der Waals surface area contributed by atoms with Crippen molar-refractivity contribution in [2.45, 2.75) is 25.9 Å². The van der Waals surface area contributed by atoms with Crippen molar-refractivity contribution in [3.63, 3.8) is 0 Å². The van der Waals surface area contributed by atoms with Crippen molar-refractivity contribution >= 4 is 29.1 Å². The predicted molar refractivity (Wildman–Crippen MR) is 110 cm³/mol. The van der Waals surface area contributed by atoms with Crippen LogP contribution in [0.5, 0.6) is 0 Å². The number of hydrogen-bond acceptors (Lipinski definition) is 4. The van der Waals surface area contributed by atoms with Crippen molar-refractivity contribution in [1.82, 2.24) is 5.32 Å². The summed E-state index contributed by atoms with van der Waals surface area (Å²) < 4.78 is 19.1. The number of carbonyl (C=O) groups is 2. The number of nitrogens with zero attached hydrogens (tertiary/aromatic N) is 1. The Morgan fingerprint density at radius 1 is 1.14 bits per heavy atom. The third-order valence-corrected chi connectivity index (χ3v) is 4.24. The highest BCUT2D eigenvalue weighted by Crippen LogP contribution is 2.14. The highest BCUT2D eigenvalue weighted by Gasteiger charge is 2.16. The molecule has 7 nitrogen and oxygen atoms in total. The highest BCUT2D eigenvalue weighted by molar-refractivity contribution is 6.10. The van der Waals surface area contributed by atoms with E-state index in [0.29, 0.717) is 30.1 Å². The van der Waals surface area contributed by atoms with Crippen LogP contribution < -0.4 is 16.0 Å². The van der Waals surface area contributed by atoms with E-state index in [2.05, 4.69) is 20.9 Å². The Morgan fingerprint density at radius 3 is 2.59 bits per heavy atom. The Bertz CT molecular complexity index is 910. The maximum atomic E-state index is 13.5. The van der Waals surface area contributed by atoms with Gasteiger partial charge in [0.2, 0.25) is 11.9 Å². The number of nitrogens with one attached hydrogen (secondary N) is 3. The molecule has 2 aromatic carbocycles. The average molecular weight is 398 g/mol. The zero-order valence-corrected chi connectivity index (χ0v) is 16.1. The second-order valence-corrected chi connectivity index (χ2v) is 6.68. The molecule has 29 heavy (non-hydrogen) atoms. The summed E-state index contributed by atoms with van der Waals surface area (Å²) >= 11 is 0. The summed E-state index contributed by atoms with van der Waals surface area (Å²) in [6, 6.07) is 12.4. The van der Waals surface area contributed by atoms with Crippen LogP contribution in [-0.4, -0.2) is 37.0 Å². The molecular formula is C21H23FN4O3. The predicted octanol–water partition coefficient (Wildman–Crippen LogP) is 3.16. The lowest BCUT2D eigenvalue weighted by atomic mass is 10.2. The molecule has 3 rings (SSSR count). The summed E-state index contributed by atoms with van der Waals surface area (Å²) in [5.41, 5.74) is 1.33. The van der Waals surface area contributed by atoms with E-state index in [1.54, 1.807) is 36.4 Å². The van der Waals surface area contributed by atoms with Gasteiger partial charge < -0.3 is 15.4 Å². The number of halogens is 1. The number of carbonyl (C=O) groups excluding carboxylic acids is 2. The van der Waals surface area contributed by atoms with Crippen LogP contribution in [0.4, 0.5) is 15.8 Å². The summed E-state index contributed by atoms with van der Waals surface area (Å²) in [5.74, 6) is -0.842. The Balaban J connectivity index is 1.75. The normalized spacial score (nSPS) is 16.3. The van der Waals surface area contributed by atoms with Gasteiger partial charge in [0.25, 0.3) is 5.91 Å². The van der Waals surface area contributed by atoms with E-state index in [4.69, 9.17) is 4.74 Å². The molecule has 1 aliphatic heterocycles. The van der Waals surface area contributed by atoms with Crippen LogP contribution in [0.2, 0.25) is 0 Å². The quantitative estimate of drug-likeness (QED) is 0.533. The smallest absolute Gasteiger partial charge is 0.258 e. The van der Waals surface area contributed by atoms with E-state index in [9.17, 15) is 14.0 Å². The third kappa shape index (κ3) is 6.39. The molecule has 3 N–H and O–H groups in total. The average Bonchev–Trinajstić information content (AvgIpc) is 3.19. The number of anilines is 2. The van der Waals surface area contributed by atoms with E-state index in [1.165, 1.54) is 19.1 Å². The van der Waals surface area contributed by atoms with Gasteiger partial charge in [0.1, 0.15) is 5.82 Å². The molecule has 1 saturated heterocycles. The van der Waals surface area contributed by atoms with Gasteiger partial charge in [0, 0.05) is 30.5 Å². The van der Waals surface area contributed by atoms with Crippen molar-refractivity contribution in [2.24, 2.45) is 4.99 Å². The number of amides is 2. The molecule has 0 bridgehead atoms. The molecule has 1 atom stereocenters. The van der Waals surface area contributed by atoms with Gasteiger partial charge >= 0.3 is 0 Å². The van der Waals surface area contributed by atoms with E-state index in [0.717, 1.165) is 12.8 Å². The van der Waals surface area contributed by atoms with Gasteiger partial charge in [-0.1, -0.05) is 12.1 Å². The first kappa shape index (κ1) is 20.5. The first-order chi connectivity index (χ1) is 14.0. The topological polar surface area (TPSA) is 91.8 Å². The summed E-state index contributed by atoms with van der Waals surface area (Å²) in [7, 11) is 0. The van der Waals surface area contributed by atoms with E-state index >= 15 is 0 Å². The Hall–Kier alpha value is -3.26. The zero-order valence-electron chi connectivity index (χ0n) is 16.1. The van der Waals surface area contributed by atoms with Crippen LogP contribution in [0.15, 0.2) is 53.5 Å². The maximum Gasteiger partial charge on any atom is 0.258 e. The number of hydrogen-bond donors (Lipinski definition) is 3. The Labute approximate surface area is 168 Å². The lowest BCUT2D eigenvalue weighted by Gasteiger charge is -2.14. The van der Waals surface area contributed by atoms with E-state index in [1.807, 2.05) is 0 Å². The number of rotatable bonds is 5. The van der Waals surface area contributed by atoms with Crippen molar-refractivity contribution < 1.29 is 18.7 Å². The first-order valence-electron chi connectivity index (χ1n) is 9.37. The number of benzene rings is 2. The Kier molecular flexibility index (Phi) is 6.91. The van der Waals surface area contributed by atoms with Crippen molar-refractivity contribution in [3.8, 4) is 0 Å². The molecule has 0 aromatic heterocycles. The second-order valence-electron chi connectivity index (χ2n) is 6.68. The lowest BCUT2D eigenvalue weighted by Crippen LogP contribution is -2.36. The number of ether oxygens (including phenoxy) is 1. The molecule has 0 saturated carbocycles. The lowest BCUT2D eigenvalue weighted by molar-refractivity contribution is -0.114. The minimum atomic E-state index is -0.410. The van der Waals surface area contributed by atoms with Crippen molar-refractivity contribution in [3.05, 3.63) is 59.9 Å². The van der Waals surface area contributed by atoms with Gasteiger partial charge in [0.15, 0.2) is 0 Å². The second kappa shape index (κ2) is 9.79. The summed E-state index contributed by atoms with van der Waals surface area (Å²) in [4.78, 5) is 28.4. The monoisotopic (exact) mass is 398 g/mol. The summed E-state index contributed by atoms with van der Waals surface area (Å²) in [5, 5.41) is 8.30. The molecular weight excluding hydrogens is 375 g/mol. The number of aliphatic imine (C=N–C) groups is 1. The molecule has 1 heterocycles. The van der Waals surface area contributed by atoms with Gasteiger partial charge in [-0.15, -0.1) is 0 Å². The van der Waals surface area contributed by atoms with Crippen LogP contribution in [0.3, 0.4) is 0 Å². The van der Waals surface area contributed by atoms with Crippen LogP contribution in [0.25, 0.3) is 0 Å². The van der Waals surface area contributed by atoms with Gasteiger partial charge in [-0.2, -0.15) is 0 Å². The van der Waals surface area contributed by atoms with Gasteiger partial charge in [-0.25, -0.2) is 9.38 Å². The van der Waals surface area contributed by atoms with Crippen LogP contribution in [0, 0.1) is 5.82 Å². The fraction of sp³-hybridized carbons (Fsp3) is 0.286. The molecule has 0 aliphatic carbocycles. The minimum absolute atomic E-state index is 0.000643. The van der Waals surface area contributed by atoms with Crippen molar-refractivity contribution in [1.29, 1.82) is 0 Å². The SMILES string of the molecule is CC(=O)Nc1cccc(C(=O)NC(=NC[C@@H]2CCCO2)Nc2cccc(F)c2)c1. The Morgan fingerprint density at radius 2 is 1.90 bits per heavy atom. The maximum absolute atomic E-state index is 13.5. The summed E-state index contributed by atoms with van der Waals surface area (Å²) in [6.07, 6.45) is 1.89. The molecule has 2 aromatic rings. The van der Waals surface area contributed by atoms with Gasteiger partial charge in [0.05, 0.1) is 12.6 Å². The molecule has 8 heteroatoms. The molecule has 1 aliphatic rings. The minimum Gasteiger partial charge on any atom is -0.376 e. The van der Waals surface area contributed by atoms with Crippen LogP contribution >= 0.6 is 0 Å². The summed E-state index contributed by atoms with van der Waals surface area (Å²) in [6.45, 7) is 2.48.